The van der Waals surface area contributed by atoms with Gasteiger partial charge in [0, 0.05) is 34.5 Å². The third kappa shape index (κ3) is 4.98. The number of fused-ring (bicyclic) bond motifs is 1. The predicted octanol–water partition coefficient (Wildman–Crippen LogP) is 6.33. The lowest BCUT2D eigenvalue weighted by Gasteiger charge is -2.21. The summed E-state index contributed by atoms with van der Waals surface area (Å²) in [4.78, 5) is 12.3. The number of rotatable bonds is 8. The van der Waals surface area contributed by atoms with E-state index in [1.165, 1.54) is 23.6 Å². The lowest BCUT2D eigenvalue weighted by Crippen LogP contribution is -2.19. The van der Waals surface area contributed by atoms with Crippen molar-refractivity contribution in [3.63, 3.8) is 0 Å². The number of furan rings is 1. The summed E-state index contributed by atoms with van der Waals surface area (Å²) < 4.78 is 21.9. The molecule has 0 aliphatic rings. The number of halogens is 1. The van der Waals surface area contributed by atoms with Gasteiger partial charge in [0.2, 0.25) is 5.76 Å². The van der Waals surface area contributed by atoms with Gasteiger partial charge in [0.25, 0.3) is 0 Å². The maximum Gasteiger partial charge on any atom is 0.372 e. The highest BCUT2D eigenvalue weighted by molar-refractivity contribution is 7.97. The third-order valence-corrected chi connectivity index (χ3v) is 6.17. The molecule has 0 fully saturated rings. The molecule has 158 valence electrons. The molecule has 1 heterocycles. The maximum absolute atomic E-state index is 14.3. The van der Waals surface area contributed by atoms with Gasteiger partial charge < -0.3 is 9.52 Å². The van der Waals surface area contributed by atoms with Crippen molar-refractivity contribution < 1.29 is 18.7 Å². The Morgan fingerprint density at radius 2 is 1.81 bits per heavy atom. The van der Waals surface area contributed by atoms with Gasteiger partial charge in [-0.2, -0.15) is 0 Å². The standard InChI is InChI=1S/C25H22FNO3S/c1-17-21-15-20(11-12-23(21)30-24(17)25(28)29)31-27(14-13-18-7-3-2-4-8-18)16-19-9-5-6-10-22(19)26/h2-12,15H,13-14,16H2,1H3,(H,28,29). The van der Waals surface area contributed by atoms with Gasteiger partial charge in [-0.05, 0) is 55.1 Å². The van der Waals surface area contributed by atoms with E-state index in [1.54, 1.807) is 25.1 Å². The van der Waals surface area contributed by atoms with Gasteiger partial charge >= 0.3 is 5.97 Å². The molecule has 0 atom stereocenters. The monoisotopic (exact) mass is 435 g/mol. The molecular weight excluding hydrogens is 413 g/mol. The fraction of sp³-hybridized carbons (Fsp3) is 0.160. The fourth-order valence-electron chi connectivity index (χ4n) is 3.48. The summed E-state index contributed by atoms with van der Waals surface area (Å²) in [6.45, 7) is 2.93. The summed E-state index contributed by atoms with van der Waals surface area (Å²) in [5.74, 6) is -1.34. The van der Waals surface area contributed by atoms with Crippen LogP contribution in [0.25, 0.3) is 11.0 Å². The molecule has 0 amide bonds. The molecule has 6 heteroatoms. The van der Waals surface area contributed by atoms with E-state index in [1.807, 2.05) is 36.4 Å². The number of carboxylic acid groups (broad SMARTS) is 1. The van der Waals surface area contributed by atoms with E-state index in [9.17, 15) is 14.3 Å². The fourth-order valence-corrected chi connectivity index (χ4v) is 4.47. The molecule has 0 aliphatic heterocycles. The Bertz CT molecular complexity index is 1210. The highest BCUT2D eigenvalue weighted by atomic mass is 32.2. The molecule has 31 heavy (non-hydrogen) atoms. The summed E-state index contributed by atoms with van der Waals surface area (Å²) in [7, 11) is 0. The second kappa shape index (κ2) is 9.37. The van der Waals surface area contributed by atoms with Crippen molar-refractivity contribution in [1.29, 1.82) is 0 Å². The average Bonchev–Trinajstić information content (AvgIpc) is 3.11. The summed E-state index contributed by atoms with van der Waals surface area (Å²) in [6, 6.07) is 22.6. The molecular formula is C25H22FNO3S. The first kappa shape index (κ1) is 21.2. The Labute approximate surface area is 184 Å². The van der Waals surface area contributed by atoms with Crippen molar-refractivity contribution >= 4 is 28.9 Å². The van der Waals surface area contributed by atoms with Crippen molar-refractivity contribution in [1.82, 2.24) is 4.31 Å². The Morgan fingerprint density at radius 1 is 1.06 bits per heavy atom. The number of carboxylic acids is 1. The van der Waals surface area contributed by atoms with Crippen LogP contribution in [0.2, 0.25) is 0 Å². The first-order valence-electron chi connectivity index (χ1n) is 9.98. The zero-order valence-corrected chi connectivity index (χ0v) is 17.9. The average molecular weight is 436 g/mol. The number of aryl methyl sites for hydroxylation is 1. The van der Waals surface area contributed by atoms with Crippen molar-refractivity contribution in [2.75, 3.05) is 6.54 Å². The molecule has 3 aromatic carbocycles. The number of nitrogens with zero attached hydrogens (tertiary/aromatic N) is 1. The predicted molar refractivity (Wildman–Crippen MR) is 121 cm³/mol. The molecule has 1 aromatic heterocycles. The molecule has 0 unspecified atom stereocenters. The first-order valence-corrected chi connectivity index (χ1v) is 10.8. The van der Waals surface area contributed by atoms with Gasteiger partial charge in [0.1, 0.15) is 11.4 Å². The van der Waals surface area contributed by atoms with Crippen LogP contribution in [0.1, 0.15) is 27.2 Å². The summed E-state index contributed by atoms with van der Waals surface area (Å²) in [5, 5.41) is 10.1. The topological polar surface area (TPSA) is 53.7 Å². The third-order valence-electron chi connectivity index (χ3n) is 5.13. The molecule has 0 spiro atoms. The second-order valence-corrected chi connectivity index (χ2v) is 8.47. The quantitative estimate of drug-likeness (QED) is 0.328. The maximum atomic E-state index is 14.3. The Hall–Kier alpha value is -3.09. The molecule has 0 radical (unpaired) electrons. The van der Waals surface area contributed by atoms with E-state index >= 15 is 0 Å². The normalized spacial score (nSPS) is 11.3. The van der Waals surface area contributed by atoms with Gasteiger partial charge in [0.15, 0.2) is 0 Å². The van der Waals surface area contributed by atoms with E-state index in [2.05, 4.69) is 16.4 Å². The van der Waals surface area contributed by atoms with Crippen molar-refractivity contribution in [3.05, 3.63) is 101 Å². The molecule has 4 aromatic rings. The Balaban J connectivity index is 1.59. The van der Waals surface area contributed by atoms with Crippen LogP contribution in [-0.2, 0) is 13.0 Å². The highest BCUT2D eigenvalue weighted by Crippen LogP contribution is 2.32. The van der Waals surface area contributed by atoms with Gasteiger partial charge in [-0.3, -0.25) is 0 Å². The SMILES string of the molecule is Cc1c(C(=O)O)oc2ccc(SN(CCc3ccccc3)Cc3ccccc3F)cc12. The number of benzene rings is 3. The van der Waals surface area contributed by atoms with Crippen molar-refractivity contribution in [2.24, 2.45) is 0 Å². The molecule has 4 nitrogen and oxygen atoms in total. The lowest BCUT2D eigenvalue weighted by atomic mass is 10.1. The van der Waals surface area contributed by atoms with E-state index in [4.69, 9.17) is 4.42 Å². The minimum absolute atomic E-state index is 0.0376. The number of hydrogen-bond donors (Lipinski definition) is 1. The molecule has 0 saturated carbocycles. The van der Waals surface area contributed by atoms with Crippen LogP contribution in [0.5, 0.6) is 0 Å². The van der Waals surface area contributed by atoms with Crippen LogP contribution in [0.3, 0.4) is 0 Å². The smallest absolute Gasteiger partial charge is 0.372 e. The summed E-state index contributed by atoms with van der Waals surface area (Å²) in [6.07, 6.45) is 0.832. The van der Waals surface area contributed by atoms with Gasteiger partial charge in [0.05, 0.1) is 0 Å². The number of hydrogen-bond acceptors (Lipinski definition) is 4. The molecule has 0 saturated heterocycles. The zero-order valence-electron chi connectivity index (χ0n) is 17.0. The van der Waals surface area contributed by atoms with Gasteiger partial charge in [-0.15, -0.1) is 0 Å². The van der Waals surface area contributed by atoms with Crippen LogP contribution in [0, 0.1) is 12.7 Å². The van der Waals surface area contributed by atoms with Crippen molar-refractivity contribution in [3.8, 4) is 0 Å². The highest BCUT2D eigenvalue weighted by Gasteiger charge is 2.18. The van der Waals surface area contributed by atoms with Gasteiger partial charge in [-0.25, -0.2) is 13.5 Å². The van der Waals surface area contributed by atoms with E-state index < -0.39 is 5.97 Å². The number of carbonyl (C=O) groups is 1. The van der Waals surface area contributed by atoms with Crippen LogP contribution in [-0.4, -0.2) is 21.9 Å². The Morgan fingerprint density at radius 3 is 2.55 bits per heavy atom. The lowest BCUT2D eigenvalue weighted by molar-refractivity contribution is 0.0664. The molecule has 0 bridgehead atoms. The Kier molecular flexibility index (Phi) is 6.39. The zero-order chi connectivity index (χ0) is 21.8. The molecule has 0 aliphatic carbocycles. The summed E-state index contributed by atoms with van der Waals surface area (Å²) >= 11 is 1.53. The van der Waals surface area contributed by atoms with Crippen LogP contribution >= 0.6 is 11.9 Å². The second-order valence-electron chi connectivity index (χ2n) is 7.30. The van der Waals surface area contributed by atoms with Gasteiger partial charge in [-0.1, -0.05) is 48.5 Å². The first-order chi connectivity index (χ1) is 15.0. The van der Waals surface area contributed by atoms with Crippen molar-refractivity contribution in [2.45, 2.75) is 24.8 Å². The van der Waals surface area contributed by atoms with Crippen LogP contribution < -0.4 is 0 Å². The largest absolute Gasteiger partial charge is 0.475 e. The minimum atomic E-state index is -1.08. The molecule has 1 N–H and O–H groups in total. The van der Waals surface area contributed by atoms with Crippen LogP contribution in [0.4, 0.5) is 4.39 Å². The summed E-state index contributed by atoms with van der Waals surface area (Å²) in [5.41, 5.74) is 3.00. The molecule has 4 rings (SSSR count). The van der Waals surface area contributed by atoms with Crippen LogP contribution in [0.15, 0.2) is 82.1 Å². The van der Waals surface area contributed by atoms with E-state index in [0.717, 1.165) is 23.2 Å². The number of aromatic carboxylic acids is 1. The minimum Gasteiger partial charge on any atom is -0.475 e. The van der Waals surface area contributed by atoms with E-state index in [0.29, 0.717) is 23.3 Å². The van der Waals surface area contributed by atoms with E-state index in [-0.39, 0.29) is 11.6 Å².